The number of amides is 1. The highest BCUT2D eigenvalue weighted by atomic mass is 16.1. The summed E-state index contributed by atoms with van der Waals surface area (Å²) in [6.45, 7) is 1.76. The fourth-order valence-corrected chi connectivity index (χ4v) is 3.02. The number of carbonyl (C=O) groups is 1. The molecule has 21 heavy (non-hydrogen) atoms. The molecule has 0 aliphatic heterocycles. The Morgan fingerprint density at radius 3 is 2.81 bits per heavy atom. The minimum Gasteiger partial charge on any atom is -0.399 e. The molecular formula is C17H27N3O. The summed E-state index contributed by atoms with van der Waals surface area (Å²) in [7, 11) is 2.20. The Balaban J connectivity index is 1.66. The van der Waals surface area contributed by atoms with Gasteiger partial charge in [-0.2, -0.15) is 0 Å². The van der Waals surface area contributed by atoms with Crippen molar-refractivity contribution in [1.82, 2.24) is 10.2 Å². The second-order valence-electron chi connectivity index (χ2n) is 6.01. The monoisotopic (exact) mass is 289 g/mol. The van der Waals surface area contributed by atoms with Crippen molar-refractivity contribution in [3.63, 3.8) is 0 Å². The van der Waals surface area contributed by atoms with E-state index in [1.165, 1.54) is 32.1 Å². The third kappa shape index (κ3) is 5.05. The van der Waals surface area contributed by atoms with Crippen LogP contribution in [0, 0.1) is 0 Å². The average molecular weight is 289 g/mol. The number of nitrogens with zero attached hydrogens (tertiary/aromatic N) is 1. The van der Waals surface area contributed by atoms with Gasteiger partial charge in [-0.1, -0.05) is 25.3 Å². The molecule has 1 aromatic carbocycles. The SMILES string of the molecule is CN(CCCNC(=O)c1cccc(N)c1)C1CCCCC1. The van der Waals surface area contributed by atoms with E-state index in [4.69, 9.17) is 5.73 Å². The van der Waals surface area contributed by atoms with Gasteiger partial charge >= 0.3 is 0 Å². The van der Waals surface area contributed by atoms with Crippen LogP contribution < -0.4 is 11.1 Å². The maximum absolute atomic E-state index is 12.0. The Morgan fingerprint density at radius 1 is 1.33 bits per heavy atom. The molecule has 0 unspecified atom stereocenters. The zero-order chi connectivity index (χ0) is 15.1. The Labute approximate surface area is 127 Å². The molecule has 3 N–H and O–H groups in total. The summed E-state index contributed by atoms with van der Waals surface area (Å²) < 4.78 is 0. The molecule has 0 atom stereocenters. The standard InChI is InChI=1S/C17H27N3O/c1-20(16-9-3-2-4-10-16)12-6-11-19-17(21)14-7-5-8-15(18)13-14/h5,7-8,13,16H,2-4,6,9-12,18H2,1H3,(H,19,21). The highest BCUT2D eigenvalue weighted by Gasteiger charge is 2.17. The number of benzene rings is 1. The first-order valence-corrected chi connectivity index (χ1v) is 8.01. The van der Waals surface area contributed by atoms with Crippen LogP contribution in [0.25, 0.3) is 0 Å². The fraction of sp³-hybridized carbons (Fsp3) is 0.588. The number of nitrogen functional groups attached to an aromatic ring is 1. The highest BCUT2D eigenvalue weighted by Crippen LogP contribution is 2.21. The summed E-state index contributed by atoms with van der Waals surface area (Å²) in [6, 6.07) is 7.84. The van der Waals surface area contributed by atoms with Crippen molar-refractivity contribution in [2.45, 2.75) is 44.6 Å². The van der Waals surface area contributed by atoms with Gasteiger partial charge in [-0.15, -0.1) is 0 Å². The van der Waals surface area contributed by atoms with Crippen molar-refractivity contribution in [3.05, 3.63) is 29.8 Å². The van der Waals surface area contributed by atoms with E-state index in [1.807, 2.05) is 0 Å². The molecule has 2 rings (SSSR count). The molecule has 1 fully saturated rings. The van der Waals surface area contributed by atoms with E-state index < -0.39 is 0 Å². The van der Waals surface area contributed by atoms with Gasteiger partial charge in [0.25, 0.3) is 5.91 Å². The average Bonchev–Trinajstić information content (AvgIpc) is 2.52. The first-order valence-electron chi connectivity index (χ1n) is 8.01. The number of hydrogen-bond donors (Lipinski definition) is 2. The first-order chi connectivity index (χ1) is 10.2. The van der Waals surface area contributed by atoms with Crippen LogP contribution >= 0.6 is 0 Å². The number of nitrogens with two attached hydrogens (primary N) is 1. The normalized spacial score (nSPS) is 16.1. The van der Waals surface area contributed by atoms with Crippen molar-refractivity contribution in [2.75, 3.05) is 25.9 Å². The van der Waals surface area contributed by atoms with E-state index in [2.05, 4.69) is 17.3 Å². The van der Waals surface area contributed by atoms with Crippen LogP contribution in [-0.2, 0) is 0 Å². The Kier molecular flexibility index (Phi) is 6.05. The van der Waals surface area contributed by atoms with Gasteiger partial charge in [0.05, 0.1) is 0 Å². The van der Waals surface area contributed by atoms with Crippen LogP contribution in [0.4, 0.5) is 5.69 Å². The zero-order valence-electron chi connectivity index (χ0n) is 13.0. The van der Waals surface area contributed by atoms with Gasteiger partial charge < -0.3 is 16.0 Å². The number of rotatable bonds is 6. The lowest BCUT2D eigenvalue weighted by atomic mass is 9.94. The minimum atomic E-state index is -0.0392. The molecule has 116 valence electrons. The van der Waals surface area contributed by atoms with Gasteiger partial charge in [-0.25, -0.2) is 0 Å². The highest BCUT2D eigenvalue weighted by molar-refractivity contribution is 5.94. The van der Waals surface area contributed by atoms with E-state index in [9.17, 15) is 4.79 Å². The van der Waals surface area contributed by atoms with Crippen molar-refractivity contribution in [1.29, 1.82) is 0 Å². The van der Waals surface area contributed by atoms with E-state index in [0.29, 0.717) is 17.8 Å². The lowest BCUT2D eigenvalue weighted by Crippen LogP contribution is -2.35. The lowest BCUT2D eigenvalue weighted by Gasteiger charge is -2.31. The Hall–Kier alpha value is -1.55. The number of carbonyl (C=O) groups excluding carboxylic acids is 1. The number of nitrogens with one attached hydrogen (secondary N) is 1. The van der Waals surface area contributed by atoms with Gasteiger partial charge in [0, 0.05) is 23.8 Å². The van der Waals surface area contributed by atoms with E-state index in [0.717, 1.165) is 19.0 Å². The molecule has 0 spiro atoms. The van der Waals surface area contributed by atoms with Gasteiger partial charge in [0.1, 0.15) is 0 Å². The lowest BCUT2D eigenvalue weighted by molar-refractivity contribution is 0.0950. The molecule has 0 heterocycles. The smallest absolute Gasteiger partial charge is 0.251 e. The van der Waals surface area contributed by atoms with Gasteiger partial charge in [-0.05, 0) is 51.1 Å². The van der Waals surface area contributed by atoms with Crippen LogP contribution in [0.5, 0.6) is 0 Å². The van der Waals surface area contributed by atoms with Crippen molar-refractivity contribution < 1.29 is 4.79 Å². The summed E-state index contributed by atoms with van der Waals surface area (Å²) in [5.41, 5.74) is 6.95. The molecule has 4 heteroatoms. The molecule has 1 aliphatic rings. The Bertz CT molecular complexity index is 455. The van der Waals surface area contributed by atoms with Gasteiger partial charge in [0.15, 0.2) is 0 Å². The van der Waals surface area contributed by atoms with Crippen LogP contribution in [0.15, 0.2) is 24.3 Å². The van der Waals surface area contributed by atoms with Crippen LogP contribution in [0.3, 0.4) is 0 Å². The topological polar surface area (TPSA) is 58.4 Å². The van der Waals surface area contributed by atoms with Crippen molar-refractivity contribution in [3.8, 4) is 0 Å². The van der Waals surface area contributed by atoms with Crippen LogP contribution in [0.1, 0.15) is 48.9 Å². The predicted octanol–water partition coefficient (Wildman–Crippen LogP) is 2.65. The molecule has 0 saturated heterocycles. The Morgan fingerprint density at radius 2 is 2.10 bits per heavy atom. The largest absolute Gasteiger partial charge is 0.399 e. The molecule has 1 saturated carbocycles. The van der Waals surface area contributed by atoms with Crippen LogP contribution in [-0.4, -0.2) is 37.0 Å². The summed E-state index contributed by atoms with van der Waals surface area (Å²) >= 11 is 0. The van der Waals surface area contributed by atoms with Crippen molar-refractivity contribution in [2.24, 2.45) is 0 Å². The van der Waals surface area contributed by atoms with Crippen molar-refractivity contribution >= 4 is 11.6 Å². The molecule has 0 aromatic heterocycles. The molecule has 0 bridgehead atoms. The molecule has 4 nitrogen and oxygen atoms in total. The minimum absolute atomic E-state index is 0.0392. The van der Waals surface area contributed by atoms with Gasteiger partial charge in [0.2, 0.25) is 0 Å². The second kappa shape index (κ2) is 8.03. The van der Waals surface area contributed by atoms with Crippen LogP contribution in [0.2, 0.25) is 0 Å². The summed E-state index contributed by atoms with van der Waals surface area (Å²) in [4.78, 5) is 14.4. The summed E-state index contributed by atoms with van der Waals surface area (Å²) in [5, 5.41) is 2.96. The quantitative estimate of drug-likeness (QED) is 0.625. The summed E-state index contributed by atoms with van der Waals surface area (Å²) in [5.74, 6) is -0.0392. The van der Waals surface area contributed by atoms with E-state index in [1.54, 1.807) is 24.3 Å². The summed E-state index contributed by atoms with van der Waals surface area (Å²) in [6.07, 6.45) is 7.75. The zero-order valence-corrected chi connectivity index (χ0v) is 13.0. The molecule has 1 aliphatic carbocycles. The number of hydrogen-bond acceptors (Lipinski definition) is 3. The number of anilines is 1. The predicted molar refractivity (Wildman–Crippen MR) is 87.3 cm³/mol. The van der Waals surface area contributed by atoms with E-state index in [-0.39, 0.29) is 5.91 Å². The first kappa shape index (κ1) is 15.8. The third-order valence-corrected chi connectivity index (χ3v) is 4.32. The van der Waals surface area contributed by atoms with E-state index >= 15 is 0 Å². The molecule has 0 radical (unpaired) electrons. The maximum Gasteiger partial charge on any atom is 0.251 e. The second-order valence-corrected chi connectivity index (χ2v) is 6.01. The molecular weight excluding hydrogens is 262 g/mol. The van der Waals surface area contributed by atoms with Gasteiger partial charge in [-0.3, -0.25) is 4.79 Å². The molecule has 1 aromatic rings. The maximum atomic E-state index is 12.0. The third-order valence-electron chi connectivity index (χ3n) is 4.32. The molecule has 1 amide bonds. The fourth-order valence-electron chi connectivity index (χ4n) is 3.02.